The number of aromatic nitrogens is 1. The first-order chi connectivity index (χ1) is 12.4. The second-order valence-corrected chi connectivity index (χ2v) is 8.57. The molecule has 0 radical (unpaired) electrons. The molecule has 2 aromatic rings. The smallest absolute Gasteiger partial charge is 0.243 e. The molecule has 138 valence electrons. The normalized spacial score (nSPS) is 15.6. The van der Waals surface area contributed by atoms with Gasteiger partial charge in [0, 0.05) is 19.3 Å². The van der Waals surface area contributed by atoms with Crippen LogP contribution in [0.25, 0.3) is 0 Å². The summed E-state index contributed by atoms with van der Waals surface area (Å²) in [7, 11) is -3.45. The van der Waals surface area contributed by atoms with Crippen LogP contribution in [-0.4, -0.2) is 36.7 Å². The molecular formula is C18H20ClN3O3S. The van der Waals surface area contributed by atoms with E-state index in [9.17, 15) is 13.2 Å². The molecule has 1 aromatic heterocycles. The lowest BCUT2D eigenvalue weighted by Gasteiger charge is -2.25. The van der Waals surface area contributed by atoms with Crippen LogP contribution in [0, 0.1) is 0 Å². The van der Waals surface area contributed by atoms with E-state index in [1.54, 1.807) is 36.4 Å². The van der Waals surface area contributed by atoms with Gasteiger partial charge in [0.25, 0.3) is 0 Å². The number of sulfonamides is 1. The van der Waals surface area contributed by atoms with Gasteiger partial charge in [0.2, 0.25) is 15.9 Å². The van der Waals surface area contributed by atoms with E-state index in [0.717, 1.165) is 24.8 Å². The van der Waals surface area contributed by atoms with Gasteiger partial charge in [-0.25, -0.2) is 13.4 Å². The van der Waals surface area contributed by atoms with E-state index in [4.69, 9.17) is 11.6 Å². The van der Waals surface area contributed by atoms with Gasteiger partial charge in [0.05, 0.1) is 16.3 Å². The quantitative estimate of drug-likeness (QED) is 0.846. The fraction of sp³-hybridized carbons (Fsp3) is 0.333. The van der Waals surface area contributed by atoms with E-state index < -0.39 is 10.0 Å². The fourth-order valence-corrected chi connectivity index (χ4v) is 4.48. The standard InChI is InChI=1S/C18H20ClN3O3S/c19-15-6-9-17(20-13-15)21-18(23)12-14-4-7-16(8-5-14)26(24,25)22-10-2-1-3-11-22/h4-9,13H,1-3,10-12H2,(H,20,21,23). The highest BCUT2D eigenvalue weighted by Crippen LogP contribution is 2.21. The Morgan fingerprint density at radius 2 is 1.77 bits per heavy atom. The summed E-state index contributed by atoms with van der Waals surface area (Å²) < 4.78 is 26.8. The van der Waals surface area contributed by atoms with Crippen molar-refractivity contribution in [2.45, 2.75) is 30.6 Å². The van der Waals surface area contributed by atoms with Crippen molar-refractivity contribution in [2.24, 2.45) is 0 Å². The van der Waals surface area contributed by atoms with Crippen LogP contribution in [-0.2, 0) is 21.2 Å². The number of halogens is 1. The Morgan fingerprint density at radius 3 is 2.38 bits per heavy atom. The number of amides is 1. The molecule has 1 N–H and O–H groups in total. The molecule has 26 heavy (non-hydrogen) atoms. The summed E-state index contributed by atoms with van der Waals surface area (Å²) in [4.78, 5) is 16.4. The minimum Gasteiger partial charge on any atom is -0.310 e. The van der Waals surface area contributed by atoms with Crippen LogP contribution in [0.15, 0.2) is 47.5 Å². The number of anilines is 1. The van der Waals surface area contributed by atoms with E-state index in [2.05, 4.69) is 10.3 Å². The lowest BCUT2D eigenvalue weighted by Crippen LogP contribution is -2.35. The Labute approximate surface area is 158 Å². The molecule has 0 bridgehead atoms. The van der Waals surface area contributed by atoms with Gasteiger partial charge in [-0.1, -0.05) is 30.2 Å². The third-order valence-electron chi connectivity index (χ3n) is 4.24. The van der Waals surface area contributed by atoms with Gasteiger partial charge in [-0.15, -0.1) is 0 Å². The van der Waals surface area contributed by atoms with Crippen LogP contribution in [0.3, 0.4) is 0 Å². The van der Waals surface area contributed by atoms with Crippen molar-refractivity contribution >= 4 is 33.3 Å². The van der Waals surface area contributed by atoms with Crippen LogP contribution in [0.5, 0.6) is 0 Å². The first-order valence-corrected chi connectivity index (χ1v) is 10.3. The summed E-state index contributed by atoms with van der Waals surface area (Å²) in [5.41, 5.74) is 0.731. The number of nitrogens with one attached hydrogen (secondary N) is 1. The largest absolute Gasteiger partial charge is 0.310 e. The molecule has 1 saturated heterocycles. The van der Waals surface area contributed by atoms with Crippen LogP contribution < -0.4 is 5.32 Å². The highest BCUT2D eigenvalue weighted by Gasteiger charge is 2.25. The molecule has 1 aliphatic rings. The summed E-state index contributed by atoms with van der Waals surface area (Å²) in [6.45, 7) is 1.14. The van der Waals surface area contributed by atoms with Crippen LogP contribution in [0.2, 0.25) is 5.02 Å². The van der Waals surface area contributed by atoms with Crippen molar-refractivity contribution in [1.29, 1.82) is 0 Å². The van der Waals surface area contributed by atoms with Gasteiger partial charge >= 0.3 is 0 Å². The summed E-state index contributed by atoms with van der Waals surface area (Å²) in [6.07, 6.45) is 4.46. The zero-order valence-corrected chi connectivity index (χ0v) is 15.8. The van der Waals surface area contributed by atoms with Crippen molar-refractivity contribution in [3.8, 4) is 0 Å². The highest BCUT2D eigenvalue weighted by molar-refractivity contribution is 7.89. The van der Waals surface area contributed by atoms with E-state index in [-0.39, 0.29) is 17.2 Å². The molecule has 0 atom stereocenters. The predicted molar refractivity (Wildman–Crippen MR) is 101 cm³/mol. The number of hydrogen-bond donors (Lipinski definition) is 1. The molecule has 2 heterocycles. The van der Waals surface area contributed by atoms with Crippen LogP contribution in [0.4, 0.5) is 5.82 Å². The maximum atomic E-state index is 12.6. The number of carbonyl (C=O) groups excluding carboxylic acids is 1. The summed E-state index contributed by atoms with van der Waals surface area (Å²) in [5.74, 6) is 0.190. The molecule has 0 unspecified atom stereocenters. The average molecular weight is 394 g/mol. The summed E-state index contributed by atoms with van der Waals surface area (Å²) >= 11 is 5.76. The number of piperidine rings is 1. The summed E-state index contributed by atoms with van der Waals surface area (Å²) in [6, 6.07) is 9.73. The molecule has 1 aliphatic heterocycles. The first kappa shape index (κ1) is 18.8. The van der Waals surface area contributed by atoms with E-state index in [0.29, 0.717) is 23.9 Å². The first-order valence-electron chi connectivity index (χ1n) is 8.46. The molecule has 0 aliphatic carbocycles. The third kappa shape index (κ3) is 4.60. The van der Waals surface area contributed by atoms with E-state index in [1.165, 1.54) is 10.5 Å². The maximum absolute atomic E-state index is 12.6. The molecule has 1 fully saturated rings. The minimum atomic E-state index is -3.45. The second-order valence-electron chi connectivity index (χ2n) is 6.20. The Kier molecular flexibility index (Phi) is 5.90. The maximum Gasteiger partial charge on any atom is 0.243 e. The molecule has 0 saturated carbocycles. The molecule has 3 rings (SSSR count). The zero-order chi connectivity index (χ0) is 18.6. The van der Waals surface area contributed by atoms with Gasteiger partial charge in [0.15, 0.2) is 0 Å². The van der Waals surface area contributed by atoms with Crippen molar-refractivity contribution in [2.75, 3.05) is 18.4 Å². The van der Waals surface area contributed by atoms with Crippen LogP contribution >= 0.6 is 11.6 Å². The number of carbonyl (C=O) groups is 1. The van der Waals surface area contributed by atoms with E-state index in [1.807, 2.05) is 0 Å². The molecule has 0 spiro atoms. The lowest BCUT2D eigenvalue weighted by molar-refractivity contribution is -0.115. The number of pyridine rings is 1. The second kappa shape index (κ2) is 8.16. The Hall–Kier alpha value is -1.96. The molecule has 1 aromatic carbocycles. The van der Waals surface area contributed by atoms with Crippen LogP contribution in [0.1, 0.15) is 24.8 Å². The number of rotatable bonds is 5. The Balaban J connectivity index is 1.63. The monoisotopic (exact) mass is 393 g/mol. The van der Waals surface area contributed by atoms with Gasteiger partial charge in [-0.05, 0) is 42.7 Å². The summed E-state index contributed by atoms with van der Waals surface area (Å²) in [5, 5.41) is 3.17. The van der Waals surface area contributed by atoms with Crippen molar-refractivity contribution in [3.63, 3.8) is 0 Å². The average Bonchev–Trinajstić information content (AvgIpc) is 2.65. The van der Waals surface area contributed by atoms with Gasteiger partial charge in [0.1, 0.15) is 5.82 Å². The number of nitrogens with zero attached hydrogens (tertiary/aromatic N) is 2. The molecule has 6 nitrogen and oxygen atoms in total. The number of hydrogen-bond acceptors (Lipinski definition) is 4. The van der Waals surface area contributed by atoms with Crippen molar-refractivity contribution < 1.29 is 13.2 Å². The molecule has 8 heteroatoms. The van der Waals surface area contributed by atoms with Gasteiger partial charge < -0.3 is 5.32 Å². The third-order valence-corrected chi connectivity index (χ3v) is 6.37. The van der Waals surface area contributed by atoms with E-state index >= 15 is 0 Å². The minimum absolute atomic E-state index is 0.133. The predicted octanol–water partition coefficient (Wildman–Crippen LogP) is 3.09. The Morgan fingerprint density at radius 1 is 1.08 bits per heavy atom. The highest BCUT2D eigenvalue weighted by atomic mass is 35.5. The molecule has 1 amide bonds. The van der Waals surface area contributed by atoms with Gasteiger partial charge in [-0.3, -0.25) is 4.79 Å². The lowest BCUT2D eigenvalue weighted by atomic mass is 10.1. The van der Waals surface area contributed by atoms with Crippen molar-refractivity contribution in [3.05, 3.63) is 53.2 Å². The zero-order valence-electron chi connectivity index (χ0n) is 14.2. The van der Waals surface area contributed by atoms with Gasteiger partial charge in [-0.2, -0.15) is 4.31 Å². The fourth-order valence-electron chi connectivity index (χ4n) is 2.86. The SMILES string of the molecule is O=C(Cc1ccc(S(=O)(=O)N2CCCCC2)cc1)Nc1ccc(Cl)cn1. The Bertz CT molecular complexity index is 862. The number of benzene rings is 1. The topological polar surface area (TPSA) is 79.4 Å². The molecular weight excluding hydrogens is 374 g/mol. The van der Waals surface area contributed by atoms with Crippen molar-refractivity contribution in [1.82, 2.24) is 9.29 Å².